The number of hydrogen-bond donors (Lipinski definition) is 2. The van der Waals surface area contributed by atoms with Gasteiger partial charge in [-0.25, -0.2) is 0 Å². The normalized spacial score (nSPS) is 20.8. The van der Waals surface area contributed by atoms with Gasteiger partial charge in [0.05, 0.1) is 4.99 Å². The summed E-state index contributed by atoms with van der Waals surface area (Å²) in [4.78, 5) is 4.15. The van der Waals surface area contributed by atoms with E-state index in [4.69, 9.17) is 24.4 Å². The van der Waals surface area contributed by atoms with E-state index in [9.17, 15) is 0 Å². The van der Waals surface area contributed by atoms with E-state index in [1.165, 1.54) is 16.5 Å². The Morgan fingerprint density at radius 1 is 0.889 bits per heavy atom. The first kappa shape index (κ1) is 19.7. The Labute approximate surface area is 171 Å². The lowest BCUT2D eigenvalue weighted by Gasteiger charge is -2.14. The standard InChI is InChI=1S/C12H13NS.C11H13NS/c1-12(2)7-3-4-9-5-6-11(14)13-10(9)8-12;1-11(2)5-3-4-8-6-10(13)12-9(8)7-11/h3-8H,1-2H3,(H,13,14);3-5,7H,6H2,1-2H3,(H,12,13). The highest BCUT2D eigenvalue weighted by atomic mass is 32.1. The molecule has 3 aliphatic rings. The number of pyridine rings is 1. The van der Waals surface area contributed by atoms with Crippen molar-refractivity contribution in [2.24, 2.45) is 10.8 Å². The van der Waals surface area contributed by atoms with E-state index < -0.39 is 0 Å². The summed E-state index contributed by atoms with van der Waals surface area (Å²) in [6, 6.07) is 3.97. The average Bonchev–Trinajstić information content (AvgIpc) is 2.71. The van der Waals surface area contributed by atoms with Gasteiger partial charge in [0.25, 0.3) is 0 Å². The van der Waals surface area contributed by atoms with E-state index in [0.29, 0.717) is 0 Å². The molecule has 1 aliphatic heterocycles. The average molecular weight is 395 g/mol. The fourth-order valence-corrected chi connectivity index (χ4v) is 3.68. The fourth-order valence-electron chi connectivity index (χ4n) is 3.24. The summed E-state index contributed by atoms with van der Waals surface area (Å²) < 4.78 is 0.783. The van der Waals surface area contributed by atoms with Crippen LogP contribution in [0.5, 0.6) is 0 Å². The zero-order valence-electron chi connectivity index (χ0n) is 16.3. The number of aromatic amines is 1. The predicted octanol–water partition coefficient (Wildman–Crippen LogP) is 4.61. The van der Waals surface area contributed by atoms with Gasteiger partial charge in [-0.2, -0.15) is 0 Å². The second kappa shape index (κ2) is 7.53. The Hall–Kier alpha value is -2.04. The van der Waals surface area contributed by atoms with E-state index in [0.717, 1.165) is 21.4 Å². The summed E-state index contributed by atoms with van der Waals surface area (Å²) in [6.45, 7) is 8.74. The summed E-state index contributed by atoms with van der Waals surface area (Å²) in [5.74, 6) is 0. The lowest BCUT2D eigenvalue weighted by atomic mass is 9.92. The first-order valence-corrected chi connectivity index (χ1v) is 9.99. The molecular formula is C23H26N2S2. The highest BCUT2D eigenvalue weighted by Gasteiger charge is 2.22. The van der Waals surface area contributed by atoms with Gasteiger partial charge in [-0.15, -0.1) is 0 Å². The topological polar surface area (TPSA) is 27.8 Å². The molecule has 2 N–H and O–H groups in total. The van der Waals surface area contributed by atoms with E-state index in [1.807, 2.05) is 6.07 Å². The number of H-pyrrole nitrogens is 1. The molecule has 140 valence electrons. The van der Waals surface area contributed by atoms with Crippen molar-refractivity contribution in [1.82, 2.24) is 10.3 Å². The Bertz CT molecular complexity index is 1060. The Morgan fingerprint density at radius 2 is 1.56 bits per heavy atom. The molecule has 0 amide bonds. The van der Waals surface area contributed by atoms with Crippen LogP contribution in [-0.2, 0) is 0 Å². The van der Waals surface area contributed by atoms with Crippen LogP contribution in [-0.4, -0.2) is 9.97 Å². The molecule has 0 unspecified atom stereocenters. The predicted molar refractivity (Wildman–Crippen MR) is 122 cm³/mol. The van der Waals surface area contributed by atoms with Gasteiger partial charge in [0.2, 0.25) is 0 Å². The number of fused-ring (bicyclic) bond motifs is 2. The van der Waals surface area contributed by atoms with Gasteiger partial charge in [-0.1, -0.05) is 101 Å². The molecule has 0 spiro atoms. The van der Waals surface area contributed by atoms with E-state index in [1.54, 1.807) is 0 Å². The summed E-state index contributed by atoms with van der Waals surface area (Å²) in [5.41, 5.74) is 2.72. The molecule has 27 heavy (non-hydrogen) atoms. The zero-order valence-corrected chi connectivity index (χ0v) is 17.9. The molecule has 0 saturated carbocycles. The molecule has 1 fully saturated rings. The van der Waals surface area contributed by atoms with Crippen LogP contribution in [0, 0.1) is 15.5 Å². The van der Waals surface area contributed by atoms with Gasteiger partial charge >= 0.3 is 0 Å². The molecule has 2 aliphatic carbocycles. The third-order valence-electron chi connectivity index (χ3n) is 4.61. The molecule has 0 radical (unpaired) electrons. The van der Waals surface area contributed by atoms with Crippen molar-refractivity contribution in [3.63, 3.8) is 0 Å². The molecule has 4 heteroatoms. The van der Waals surface area contributed by atoms with Crippen molar-refractivity contribution in [3.8, 4) is 0 Å². The van der Waals surface area contributed by atoms with Crippen molar-refractivity contribution in [1.29, 1.82) is 0 Å². The number of rotatable bonds is 0. The lowest BCUT2D eigenvalue weighted by Crippen LogP contribution is -2.29. The molecule has 2 heterocycles. The molecule has 1 aromatic heterocycles. The summed E-state index contributed by atoms with van der Waals surface area (Å²) in [6.07, 6.45) is 18.2. The number of thiocarbonyl (C=S) groups is 1. The van der Waals surface area contributed by atoms with Crippen molar-refractivity contribution in [2.45, 2.75) is 34.1 Å². The third-order valence-corrected chi connectivity index (χ3v) is 5.10. The van der Waals surface area contributed by atoms with Gasteiger partial charge in [0.15, 0.2) is 0 Å². The van der Waals surface area contributed by atoms with Crippen LogP contribution in [0.3, 0.4) is 0 Å². The molecule has 0 atom stereocenters. The van der Waals surface area contributed by atoms with Crippen LogP contribution in [0.25, 0.3) is 12.2 Å². The molecule has 1 saturated heterocycles. The van der Waals surface area contributed by atoms with Crippen LogP contribution in [0.2, 0.25) is 0 Å². The van der Waals surface area contributed by atoms with Gasteiger partial charge < -0.3 is 10.3 Å². The highest BCUT2D eigenvalue weighted by molar-refractivity contribution is 7.80. The number of nitrogens with one attached hydrogen (secondary N) is 2. The van der Waals surface area contributed by atoms with Crippen molar-refractivity contribution in [3.05, 3.63) is 75.1 Å². The number of aromatic nitrogens is 1. The smallest absolute Gasteiger partial charge is 0.103 e. The maximum absolute atomic E-state index is 5.14. The molecular weight excluding hydrogens is 368 g/mol. The van der Waals surface area contributed by atoms with Gasteiger partial charge in [0, 0.05) is 28.3 Å². The molecule has 1 aromatic rings. The molecule has 2 nitrogen and oxygen atoms in total. The lowest BCUT2D eigenvalue weighted by molar-refractivity contribution is 0.621. The highest BCUT2D eigenvalue weighted by Crippen LogP contribution is 2.30. The molecule has 4 rings (SSSR count). The van der Waals surface area contributed by atoms with Gasteiger partial charge in [0.1, 0.15) is 4.64 Å². The second-order valence-electron chi connectivity index (χ2n) is 8.34. The largest absolute Gasteiger partial charge is 0.350 e. The van der Waals surface area contributed by atoms with Crippen LogP contribution in [0.15, 0.2) is 59.9 Å². The number of hydrogen-bond acceptors (Lipinski definition) is 2. The second-order valence-corrected chi connectivity index (χ2v) is 9.27. The number of allylic oxidation sites excluding steroid dienone is 7. The van der Waals surface area contributed by atoms with E-state index >= 15 is 0 Å². The minimum atomic E-state index is 0.0847. The minimum absolute atomic E-state index is 0.0847. The molecule has 0 bridgehead atoms. The van der Waals surface area contributed by atoms with Crippen molar-refractivity contribution in [2.75, 3.05) is 0 Å². The first-order chi connectivity index (χ1) is 12.6. The quantitative estimate of drug-likeness (QED) is 0.629. The maximum Gasteiger partial charge on any atom is 0.103 e. The summed E-state index contributed by atoms with van der Waals surface area (Å²) in [7, 11) is 0. The van der Waals surface area contributed by atoms with Crippen LogP contribution in [0.1, 0.15) is 34.1 Å². The molecule has 0 aromatic carbocycles. The third kappa shape index (κ3) is 5.24. The minimum Gasteiger partial charge on any atom is -0.350 e. The Balaban J connectivity index is 0.000000156. The SMILES string of the molecule is CC1(C)C=CC=C2CC(=S)NC2=C1.CC1(C)C=CC=c2ccc(=S)[nH]c2=C1. The van der Waals surface area contributed by atoms with Crippen LogP contribution in [0.4, 0.5) is 0 Å². The van der Waals surface area contributed by atoms with Crippen LogP contribution < -0.4 is 15.9 Å². The fraction of sp³-hybridized carbons (Fsp3) is 0.304. The Morgan fingerprint density at radius 3 is 2.30 bits per heavy atom. The maximum atomic E-state index is 5.14. The van der Waals surface area contributed by atoms with Crippen molar-refractivity contribution >= 4 is 41.6 Å². The zero-order chi connectivity index (χ0) is 19.7. The monoisotopic (exact) mass is 394 g/mol. The Kier molecular flexibility index (Phi) is 5.50. The van der Waals surface area contributed by atoms with E-state index in [2.05, 4.69) is 92.7 Å². The van der Waals surface area contributed by atoms with Crippen molar-refractivity contribution < 1.29 is 0 Å². The van der Waals surface area contributed by atoms with Gasteiger partial charge in [-0.3, -0.25) is 0 Å². The first-order valence-electron chi connectivity index (χ1n) is 9.17. The van der Waals surface area contributed by atoms with Crippen LogP contribution >= 0.6 is 24.4 Å². The summed E-state index contributed by atoms with van der Waals surface area (Å²) in [5, 5.41) is 5.55. The van der Waals surface area contributed by atoms with E-state index in [-0.39, 0.29) is 10.8 Å². The van der Waals surface area contributed by atoms with Gasteiger partial charge in [-0.05, 0) is 22.9 Å². The summed E-state index contributed by atoms with van der Waals surface area (Å²) >= 11 is 10.2.